The maximum Gasteiger partial charge on any atom is 0.292 e. The topological polar surface area (TPSA) is 120 Å². The van der Waals surface area contributed by atoms with Gasteiger partial charge in [-0.3, -0.25) is 14.3 Å². The lowest BCUT2D eigenvalue weighted by Gasteiger charge is -2.19. The van der Waals surface area contributed by atoms with E-state index in [1.165, 1.54) is 50.7 Å². The summed E-state index contributed by atoms with van der Waals surface area (Å²) in [5, 5.41) is 21.8. The molecule has 0 aliphatic heterocycles. The highest BCUT2D eigenvalue weighted by atomic mass is 32.2. The molecule has 0 unspecified atom stereocenters. The van der Waals surface area contributed by atoms with Crippen molar-refractivity contribution in [1.82, 2.24) is 0 Å². The lowest BCUT2D eigenvalue weighted by Crippen LogP contribution is -2.26. The fourth-order valence-corrected chi connectivity index (χ4v) is 4.89. The van der Waals surface area contributed by atoms with Crippen molar-refractivity contribution in [2.75, 3.05) is 18.5 Å². The van der Waals surface area contributed by atoms with Crippen LogP contribution in [0.3, 0.4) is 0 Å². The van der Waals surface area contributed by atoms with Crippen LogP contribution in [-0.4, -0.2) is 43.6 Å². The van der Waals surface area contributed by atoms with E-state index in [1.54, 1.807) is 0 Å². The van der Waals surface area contributed by atoms with Crippen LogP contribution >= 0.6 is 11.3 Å². The predicted octanol–water partition coefficient (Wildman–Crippen LogP) is 2.66. The number of methoxy groups -OCH3 is 1. The Balaban J connectivity index is 2.44. The molecule has 134 valence electrons. The number of carbonyl (C=O) groups is 1. The molecule has 0 fully saturated rings. The number of thiophene rings is 1. The highest BCUT2D eigenvalue weighted by Gasteiger charge is 2.30. The second-order valence-corrected chi connectivity index (χ2v) is 7.94. The first-order chi connectivity index (χ1) is 11.7. The minimum Gasteiger partial charge on any atom is -0.494 e. The standard InChI is InChI=1S/C14H15N3O6S2/c1-9(18)12-8-24-14(13(12)23-3)25(21,22)16(2)10-4-6-11(7-5-10)17(20)15-19/h4-8,20H,1-3H3/p+1. The molecule has 0 aliphatic rings. The molecule has 2 rings (SSSR count). The minimum atomic E-state index is -3.96. The molecular weight excluding hydrogens is 370 g/mol. The SMILES string of the molecule is COc1c(C(C)=O)csc1S(=O)(=O)N(C)c1ccc([N+](O)=NO)cc1. The smallest absolute Gasteiger partial charge is 0.292 e. The number of nitrogens with zero attached hydrogens (tertiary/aromatic N) is 3. The first kappa shape index (κ1) is 18.7. The van der Waals surface area contributed by atoms with E-state index in [-0.39, 0.29) is 31.9 Å². The summed E-state index contributed by atoms with van der Waals surface area (Å²) in [6, 6.07) is 5.59. The average molecular weight is 386 g/mol. The van der Waals surface area contributed by atoms with Gasteiger partial charge in [-0.2, -0.15) is 0 Å². The van der Waals surface area contributed by atoms with Gasteiger partial charge in [0.05, 0.1) is 18.4 Å². The Labute approximate surface area is 148 Å². The lowest BCUT2D eigenvalue weighted by molar-refractivity contribution is -0.778. The highest BCUT2D eigenvalue weighted by molar-refractivity contribution is 7.94. The Morgan fingerprint density at radius 3 is 2.40 bits per heavy atom. The molecule has 2 N–H and O–H groups in total. The van der Waals surface area contributed by atoms with Gasteiger partial charge in [-0.25, -0.2) is 8.42 Å². The van der Waals surface area contributed by atoms with E-state index in [9.17, 15) is 18.4 Å². The Morgan fingerprint density at radius 2 is 1.92 bits per heavy atom. The molecule has 0 saturated carbocycles. The van der Waals surface area contributed by atoms with E-state index in [4.69, 9.17) is 9.94 Å². The third kappa shape index (κ3) is 3.42. The number of anilines is 1. The number of rotatable bonds is 6. The van der Waals surface area contributed by atoms with Crippen molar-refractivity contribution < 1.29 is 33.2 Å². The van der Waals surface area contributed by atoms with E-state index in [0.717, 1.165) is 15.6 Å². The van der Waals surface area contributed by atoms with Gasteiger partial charge in [0, 0.05) is 24.6 Å². The zero-order valence-electron chi connectivity index (χ0n) is 13.6. The van der Waals surface area contributed by atoms with Crippen LogP contribution in [0.2, 0.25) is 0 Å². The fraction of sp³-hybridized carbons (Fsp3) is 0.214. The Bertz CT molecular complexity index is 919. The molecule has 0 saturated heterocycles. The molecule has 2 aromatic rings. The van der Waals surface area contributed by atoms with Gasteiger partial charge in [0.1, 0.15) is 0 Å². The summed E-state index contributed by atoms with van der Waals surface area (Å²) in [5.74, 6) is -0.279. The maximum absolute atomic E-state index is 12.8. The number of sulfonamides is 1. The van der Waals surface area contributed by atoms with Crippen LogP contribution in [-0.2, 0) is 10.0 Å². The highest BCUT2D eigenvalue weighted by Crippen LogP contribution is 2.37. The van der Waals surface area contributed by atoms with E-state index in [0.29, 0.717) is 5.69 Å². The first-order valence-corrected chi connectivity index (χ1v) is 9.15. The minimum absolute atomic E-state index is 0.0154. The van der Waals surface area contributed by atoms with E-state index < -0.39 is 10.0 Å². The molecule has 0 bridgehead atoms. The lowest BCUT2D eigenvalue weighted by atomic mass is 10.2. The quantitative estimate of drug-likeness (QED) is 0.341. The maximum atomic E-state index is 12.8. The number of Topliss-reactive ketones (excluding diaryl/α,β-unsaturated/α-hetero) is 1. The third-order valence-corrected chi connectivity index (χ3v) is 6.68. The van der Waals surface area contributed by atoms with Crippen LogP contribution in [0.4, 0.5) is 11.4 Å². The summed E-state index contributed by atoms with van der Waals surface area (Å²) in [6.07, 6.45) is 0. The van der Waals surface area contributed by atoms with Gasteiger partial charge in [-0.15, -0.1) is 11.3 Å². The molecule has 25 heavy (non-hydrogen) atoms. The molecule has 1 aromatic carbocycles. The summed E-state index contributed by atoms with van der Waals surface area (Å²) in [7, 11) is -1.31. The number of carbonyl (C=O) groups excluding carboxylic acids is 1. The monoisotopic (exact) mass is 386 g/mol. The van der Waals surface area contributed by atoms with Gasteiger partial charge in [0.15, 0.2) is 20.6 Å². The molecule has 0 amide bonds. The molecule has 0 aliphatic carbocycles. The second kappa shape index (κ2) is 7.07. The molecule has 1 heterocycles. The summed E-state index contributed by atoms with van der Waals surface area (Å²) in [6.45, 7) is 1.33. The van der Waals surface area contributed by atoms with E-state index in [1.807, 2.05) is 0 Å². The summed E-state index contributed by atoms with van der Waals surface area (Å²) in [4.78, 5) is 11.8. The van der Waals surface area contributed by atoms with Gasteiger partial charge in [-0.05, 0) is 19.1 Å². The average Bonchev–Trinajstić information content (AvgIpc) is 3.05. The fourth-order valence-electron chi connectivity index (χ4n) is 2.05. The van der Waals surface area contributed by atoms with Crippen LogP contribution in [0.5, 0.6) is 5.75 Å². The molecule has 0 spiro atoms. The molecular formula is C14H16N3O6S2+. The van der Waals surface area contributed by atoms with Crippen molar-refractivity contribution in [3.8, 4) is 5.75 Å². The molecule has 1 aromatic heterocycles. The largest absolute Gasteiger partial charge is 0.494 e. The molecule has 9 nitrogen and oxygen atoms in total. The number of hydrogen-bond acceptors (Lipinski definition) is 6. The van der Waals surface area contributed by atoms with Gasteiger partial charge in [-0.1, -0.05) is 0 Å². The van der Waals surface area contributed by atoms with Gasteiger partial charge >= 0.3 is 0 Å². The van der Waals surface area contributed by atoms with Crippen molar-refractivity contribution in [2.24, 2.45) is 5.28 Å². The van der Waals surface area contributed by atoms with Crippen LogP contribution < -0.4 is 9.04 Å². The van der Waals surface area contributed by atoms with Crippen LogP contribution in [0, 0.1) is 0 Å². The van der Waals surface area contributed by atoms with Crippen LogP contribution in [0.1, 0.15) is 17.3 Å². The number of benzene rings is 1. The Hall–Kier alpha value is -2.66. The molecule has 0 radical (unpaired) electrons. The summed E-state index contributed by atoms with van der Waals surface area (Å²) >= 11 is 0.899. The van der Waals surface area contributed by atoms with Crippen LogP contribution in [0.25, 0.3) is 0 Å². The van der Waals surface area contributed by atoms with Crippen molar-refractivity contribution in [3.63, 3.8) is 0 Å². The first-order valence-electron chi connectivity index (χ1n) is 6.83. The predicted molar refractivity (Wildman–Crippen MR) is 88.8 cm³/mol. The number of ketones is 1. The van der Waals surface area contributed by atoms with E-state index >= 15 is 0 Å². The van der Waals surface area contributed by atoms with E-state index in [2.05, 4.69) is 5.28 Å². The second-order valence-electron chi connectivity index (χ2n) is 4.89. The summed E-state index contributed by atoms with van der Waals surface area (Å²) < 4.78 is 31.8. The van der Waals surface area contributed by atoms with Crippen molar-refractivity contribution in [2.45, 2.75) is 11.1 Å². The molecule has 11 heteroatoms. The zero-order valence-corrected chi connectivity index (χ0v) is 15.2. The normalized spacial score (nSPS) is 12.0. The van der Waals surface area contributed by atoms with Crippen molar-refractivity contribution >= 4 is 38.5 Å². The summed E-state index contributed by atoms with van der Waals surface area (Å²) in [5.41, 5.74) is 0.648. The van der Waals surface area contributed by atoms with Gasteiger partial charge in [0.2, 0.25) is 5.28 Å². The Morgan fingerprint density at radius 1 is 1.32 bits per heavy atom. The molecule has 0 atom stereocenters. The third-order valence-electron chi connectivity index (χ3n) is 3.42. The Kier molecular flexibility index (Phi) is 5.28. The van der Waals surface area contributed by atoms with Crippen LogP contribution in [0.15, 0.2) is 39.1 Å². The van der Waals surface area contributed by atoms with Crippen molar-refractivity contribution in [3.05, 3.63) is 35.2 Å². The van der Waals surface area contributed by atoms with Gasteiger partial charge in [0.25, 0.3) is 15.7 Å². The van der Waals surface area contributed by atoms with Gasteiger partial charge < -0.3 is 9.94 Å². The number of hydrogen-bond donors (Lipinski definition) is 2. The van der Waals surface area contributed by atoms with Crippen molar-refractivity contribution in [1.29, 1.82) is 0 Å². The number of ether oxygens (including phenoxy) is 1. The zero-order chi connectivity index (χ0) is 18.8.